The monoisotopic (exact) mass is 491 g/mol. The van der Waals surface area contributed by atoms with Crippen molar-refractivity contribution in [3.8, 4) is 11.1 Å². The summed E-state index contributed by atoms with van der Waals surface area (Å²) < 4.78 is 6.41. The van der Waals surface area contributed by atoms with E-state index in [0.717, 1.165) is 27.5 Å². The molecule has 0 aliphatic carbocycles. The van der Waals surface area contributed by atoms with Gasteiger partial charge in [0.05, 0.1) is 17.1 Å². The largest absolute Gasteiger partial charge is 0.455 e. The fraction of sp³-hybridized carbons (Fsp3) is 0. The Morgan fingerprint density at radius 2 is 1.05 bits per heavy atom. The molecule has 7 aromatic rings. The molecule has 6 aromatic carbocycles. The predicted octanol–water partition coefficient (Wildman–Crippen LogP) is 10.3. The standard InChI is InChI=1S/C34H21NOS/c1-2-11-24-22(10-1)23(26-13-9-14-27-25-12-3-6-17-31(25)36-34(26)27)20-21-28(24)35-29-15-4-7-18-32(29)37-33-19-8-5-16-30(33)35/h1-21H. The first-order valence-corrected chi connectivity index (χ1v) is 13.3. The maximum atomic E-state index is 6.41. The molecule has 0 fully saturated rings. The SMILES string of the molecule is c1ccc2c(c1)Sc1ccccc1N2c1ccc(-c2cccc3c2oc2ccccc23)c2ccccc12. The van der Waals surface area contributed by atoms with Crippen molar-refractivity contribution in [1.82, 2.24) is 0 Å². The molecule has 0 atom stereocenters. The van der Waals surface area contributed by atoms with Gasteiger partial charge in [0.25, 0.3) is 0 Å². The Morgan fingerprint density at radius 1 is 0.432 bits per heavy atom. The lowest BCUT2D eigenvalue weighted by Gasteiger charge is -2.33. The molecule has 0 radical (unpaired) electrons. The van der Waals surface area contributed by atoms with Crippen molar-refractivity contribution in [1.29, 1.82) is 0 Å². The van der Waals surface area contributed by atoms with E-state index in [4.69, 9.17) is 4.42 Å². The maximum absolute atomic E-state index is 6.41. The molecule has 1 aliphatic heterocycles. The molecule has 0 saturated carbocycles. The lowest BCUT2D eigenvalue weighted by Crippen LogP contribution is -2.15. The van der Waals surface area contributed by atoms with Crippen LogP contribution in [0.4, 0.5) is 17.1 Å². The van der Waals surface area contributed by atoms with Crippen LogP contribution in [0.1, 0.15) is 0 Å². The highest BCUT2D eigenvalue weighted by molar-refractivity contribution is 7.99. The highest BCUT2D eigenvalue weighted by Crippen LogP contribution is 2.53. The van der Waals surface area contributed by atoms with Gasteiger partial charge in [0.1, 0.15) is 11.2 Å². The number of benzene rings is 6. The van der Waals surface area contributed by atoms with Gasteiger partial charge in [-0.1, -0.05) is 103 Å². The summed E-state index contributed by atoms with van der Waals surface area (Å²) in [6.45, 7) is 0. The third kappa shape index (κ3) is 3.08. The minimum atomic E-state index is 0.921. The van der Waals surface area contributed by atoms with Crippen LogP contribution >= 0.6 is 11.8 Å². The van der Waals surface area contributed by atoms with Crippen molar-refractivity contribution in [3.63, 3.8) is 0 Å². The second-order valence-corrected chi connectivity index (χ2v) is 10.4. The van der Waals surface area contributed by atoms with Crippen LogP contribution < -0.4 is 4.90 Å². The first kappa shape index (κ1) is 20.7. The molecule has 0 saturated heterocycles. The van der Waals surface area contributed by atoms with Crippen LogP contribution in [-0.4, -0.2) is 0 Å². The number of furan rings is 1. The minimum Gasteiger partial charge on any atom is -0.455 e. The number of hydrogen-bond acceptors (Lipinski definition) is 3. The number of anilines is 3. The third-order valence-corrected chi connectivity index (χ3v) is 8.40. The molecule has 0 spiro atoms. The summed E-state index contributed by atoms with van der Waals surface area (Å²) in [5.74, 6) is 0. The Labute approximate surface area is 218 Å². The number of fused-ring (bicyclic) bond motifs is 6. The van der Waals surface area contributed by atoms with Gasteiger partial charge in [-0.15, -0.1) is 0 Å². The fourth-order valence-corrected chi connectivity index (χ4v) is 6.69. The lowest BCUT2D eigenvalue weighted by atomic mass is 9.95. The van der Waals surface area contributed by atoms with Crippen molar-refractivity contribution >= 4 is 61.5 Å². The van der Waals surface area contributed by atoms with Crippen molar-refractivity contribution < 1.29 is 4.42 Å². The smallest absolute Gasteiger partial charge is 0.143 e. The first-order chi connectivity index (χ1) is 18.4. The molecule has 3 heteroatoms. The second-order valence-electron chi connectivity index (χ2n) is 9.33. The Hall–Kier alpha value is -4.47. The van der Waals surface area contributed by atoms with E-state index in [1.54, 1.807) is 0 Å². The molecule has 0 unspecified atom stereocenters. The van der Waals surface area contributed by atoms with Gasteiger partial charge in [0, 0.05) is 31.5 Å². The molecule has 2 heterocycles. The zero-order valence-electron chi connectivity index (χ0n) is 19.9. The van der Waals surface area contributed by atoms with Gasteiger partial charge >= 0.3 is 0 Å². The topological polar surface area (TPSA) is 16.4 Å². The van der Waals surface area contributed by atoms with E-state index in [2.05, 4.69) is 120 Å². The van der Waals surface area contributed by atoms with Crippen LogP contribution in [0.3, 0.4) is 0 Å². The van der Waals surface area contributed by atoms with Crippen LogP contribution in [0.15, 0.2) is 142 Å². The highest BCUT2D eigenvalue weighted by Gasteiger charge is 2.26. The molecule has 37 heavy (non-hydrogen) atoms. The Morgan fingerprint density at radius 3 is 1.84 bits per heavy atom. The lowest BCUT2D eigenvalue weighted by molar-refractivity contribution is 0.670. The average molecular weight is 492 g/mol. The summed E-state index contributed by atoms with van der Waals surface area (Å²) in [4.78, 5) is 4.94. The average Bonchev–Trinajstić information content (AvgIpc) is 3.35. The summed E-state index contributed by atoms with van der Waals surface area (Å²) in [7, 11) is 0. The number of para-hydroxylation sites is 4. The normalized spacial score (nSPS) is 12.7. The summed E-state index contributed by atoms with van der Waals surface area (Å²) in [5.41, 5.74) is 7.75. The van der Waals surface area contributed by atoms with Gasteiger partial charge in [0.15, 0.2) is 0 Å². The quantitative estimate of drug-likeness (QED) is 0.239. The molecule has 0 N–H and O–H groups in total. The molecule has 174 valence electrons. The Bertz CT molecular complexity index is 1940. The second kappa shape index (κ2) is 8.02. The molecule has 8 rings (SSSR count). The van der Waals surface area contributed by atoms with Crippen LogP contribution in [0, 0.1) is 0 Å². The Kier molecular flexibility index (Phi) is 4.49. The van der Waals surface area contributed by atoms with Crippen LogP contribution in [-0.2, 0) is 0 Å². The maximum Gasteiger partial charge on any atom is 0.143 e. The van der Waals surface area contributed by atoms with E-state index in [-0.39, 0.29) is 0 Å². The number of rotatable bonds is 2. The van der Waals surface area contributed by atoms with E-state index in [0.29, 0.717) is 0 Å². The first-order valence-electron chi connectivity index (χ1n) is 12.5. The van der Waals surface area contributed by atoms with Crippen LogP contribution in [0.25, 0.3) is 43.8 Å². The van der Waals surface area contributed by atoms with Crippen LogP contribution in [0.2, 0.25) is 0 Å². The highest BCUT2D eigenvalue weighted by atomic mass is 32.2. The summed E-state index contributed by atoms with van der Waals surface area (Å²) in [6.07, 6.45) is 0. The van der Waals surface area contributed by atoms with Gasteiger partial charge in [-0.2, -0.15) is 0 Å². The van der Waals surface area contributed by atoms with E-state index >= 15 is 0 Å². The number of nitrogens with zero attached hydrogens (tertiary/aromatic N) is 1. The van der Waals surface area contributed by atoms with E-state index in [1.807, 2.05) is 23.9 Å². The van der Waals surface area contributed by atoms with Gasteiger partial charge in [-0.3, -0.25) is 0 Å². The van der Waals surface area contributed by atoms with Crippen LogP contribution in [0.5, 0.6) is 0 Å². The zero-order chi connectivity index (χ0) is 24.3. The molecular formula is C34H21NOS. The third-order valence-electron chi connectivity index (χ3n) is 7.27. The fourth-order valence-electron chi connectivity index (χ4n) is 5.64. The van der Waals surface area contributed by atoms with E-state index in [1.165, 1.54) is 43.2 Å². The zero-order valence-corrected chi connectivity index (χ0v) is 20.7. The minimum absolute atomic E-state index is 0.921. The molecule has 1 aliphatic rings. The predicted molar refractivity (Wildman–Crippen MR) is 155 cm³/mol. The van der Waals surface area contributed by atoms with Crippen molar-refractivity contribution in [3.05, 3.63) is 127 Å². The number of hydrogen-bond donors (Lipinski definition) is 0. The van der Waals surface area contributed by atoms with Gasteiger partial charge in [0.2, 0.25) is 0 Å². The van der Waals surface area contributed by atoms with Gasteiger partial charge in [-0.25, -0.2) is 0 Å². The molecule has 0 bridgehead atoms. The molecule has 1 aromatic heterocycles. The van der Waals surface area contributed by atoms with E-state index in [9.17, 15) is 0 Å². The summed E-state index contributed by atoms with van der Waals surface area (Å²) in [5, 5.41) is 4.72. The molecule has 0 amide bonds. The van der Waals surface area contributed by atoms with Gasteiger partial charge in [-0.05, 0) is 47.3 Å². The Balaban J connectivity index is 1.40. The summed E-state index contributed by atoms with van der Waals surface area (Å²) in [6, 6.07) is 45.3. The van der Waals surface area contributed by atoms with Crippen molar-refractivity contribution in [2.45, 2.75) is 9.79 Å². The van der Waals surface area contributed by atoms with Crippen molar-refractivity contribution in [2.75, 3.05) is 4.90 Å². The van der Waals surface area contributed by atoms with Crippen molar-refractivity contribution in [2.24, 2.45) is 0 Å². The summed E-state index contributed by atoms with van der Waals surface area (Å²) >= 11 is 1.84. The van der Waals surface area contributed by atoms with Gasteiger partial charge < -0.3 is 9.32 Å². The molecule has 2 nitrogen and oxygen atoms in total. The molecular weight excluding hydrogens is 470 g/mol. The van der Waals surface area contributed by atoms with E-state index < -0.39 is 0 Å².